The molecule has 23 heavy (non-hydrogen) atoms. The molecule has 0 amide bonds. The molecule has 0 bridgehead atoms. The summed E-state index contributed by atoms with van der Waals surface area (Å²) in [5, 5.41) is 3.29. The highest BCUT2D eigenvalue weighted by molar-refractivity contribution is 9.10. The molecule has 0 aliphatic rings. The molecule has 0 saturated heterocycles. The summed E-state index contributed by atoms with van der Waals surface area (Å²) in [6.07, 6.45) is 1.83. The van der Waals surface area contributed by atoms with Crippen LogP contribution in [0.25, 0.3) is 0 Å². The van der Waals surface area contributed by atoms with E-state index in [1.807, 2.05) is 48.5 Å². The van der Waals surface area contributed by atoms with Crippen molar-refractivity contribution in [3.05, 3.63) is 70.7 Å². The molecule has 0 unspecified atom stereocenters. The van der Waals surface area contributed by atoms with Gasteiger partial charge in [-0.15, -0.1) is 19.0 Å². The zero-order valence-corrected chi connectivity index (χ0v) is 15.5. The zero-order chi connectivity index (χ0) is 15.8. The van der Waals surface area contributed by atoms with Gasteiger partial charge in [0.05, 0.1) is 7.11 Å². The number of rotatable bonds is 8. The van der Waals surface area contributed by atoms with Crippen molar-refractivity contribution in [3.63, 3.8) is 0 Å². The predicted octanol–water partition coefficient (Wildman–Crippen LogP) is 4.73. The Hall–Kier alpha value is -1.49. The van der Waals surface area contributed by atoms with E-state index in [-0.39, 0.29) is 12.4 Å². The number of hydrogen-bond donors (Lipinski definition) is 1. The molecule has 0 aliphatic heterocycles. The smallest absolute Gasteiger partial charge is 0.166 e. The van der Waals surface area contributed by atoms with Crippen LogP contribution in [0.5, 0.6) is 11.5 Å². The lowest BCUT2D eigenvalue weighted by Crippen LogP contribution is -2.14. The van der Waals surface area contributed by atoms with Gasteiger partial charge in [0.25, 0.3) is 0 Å². The van der Waals surface area contributed by atoms with Crippen molar-refractivity contribution >= 4 is 28.3 Å². The third kappa shape index (κ3) is 5.90. The van der Waals surface area contributed by atoms with Crippen molar-refractivity contribution in [2.75, 3.05) is 13.7 Å². The van der Waals surface area contributed by atoms with Crippen LogP contribution in [0, 0.1) is 0 Å². The molecule has 2 aromatic rings. The number of nitrogens with one attached hydrogen (secondary N) is 1. The number of halogens is 2. The van der Waals surface area contributed by atoms with Crippen LogP contribution in [-0.4, -0.2) is 13.7 Å². The summed E-state index contributed by atoms with van der Waals surface area (Å²) in [6, 6.07) is 14.0. The Labute approximate surface area is 152 Å². The summed E-state index contributed by atoms with van der Waals surface area (Å²) in [5.74, 6) is 1.49. The first-order valence-corrected chi connectivity index (χ1v) is 7.88. The maximum absolute atomic E-state index is 6.02. The van der Waals surface area contributed by atoms with E-state index in [2.05, 4.69) is 27.8 Å². The van der Waals surface area contributed by atoms with Crippen LogP contribution in [-0.2, 0) is 13.2 Å². The molecule has 0 heterocycles. The molecule has 2 rings (SSSR count). The third-order valence-electron chi connectivity index (χ3n) is 3.15. The lowest BCUT2D eigenvalue weighted by Gasteiger charge is -2.16. The second-order valence-electron chi connectivity index (χ2n) is 4.79. The van der Waals surface area contributed by atoms with E-state index >= 15 is 0 Å². The molecule has 0 saturated carbocycles. The number of hydrogen-bond acceptors (Lipinski definition) is 3. The minimum Gasteiger partial charge on any atom is -0.493 e. The van der Waals surface area contributed by atoms with E-state index in [0.717, 1.165) is 33.6 Å². The topological polar surface area (TPSA) is 30.5 Å². The third-order valence-corrected chi connectivity index (χ3v) is 3.60. The summed E-state index contributed by atoms with van der Waals surface area (Å²) in [4.78, 5) is 0. The molecule has 0 spiro atoms. The van der Waals surface area contributed by atoms with Gasteiger partial charge in [-0.05, 0) is 17.7 Å². The molecule has 0 aliphatic carbocycles. The molecular formula is C18H21BrClNO2. The van der Waals surface area contributed by atoms with Crippen LogP contribution in [0.15, 0.2) is 59.6 Å². The van der Waals surface area contributed by atoms with E-state index in [1.54, 1.807) is 7.11 Å². The maximum Gasteiger partial charge on any atom is 0.166 e. The highest BCUT2D eigenvalue weighted by Crippen LogP contribution is 2.35. The average Bonchev–Trinajstić information content (AvgIpc) is 2.54. The second kappa shape index (κ2) is 10.3. The average molecular weight is 399 g/mol. The summed E-state index contributed by atoms with van der Waals surface area (Å²) >= 11 is 3.51. The second-order valence-corrected chi connectivity index (χ2v) is 5.71. The standard InChI is InChI=1S/C18H20BrNO2.ClH/c1-3-9-20-12-15-10-16(19)11-17(21-2)18(15)22-13-14-7-5-4-6-8-14;/h3-8,10-11,20H,1,9,12-13H2,2H3;1H. The Morgan fingerprint density at radius 3 is 2.61 bits per heavy atom. The summed E-state index contributed by atoms with van der Waals surface area (Å²) in [6.45, 7) is 5.65. The molecule has 124 valence electrons. The van der Waals surface area contributed by atoms with Crippen molar-refractivity contribution < 1.29 is 9.47 Å². The minimum atomic E-state index is 0. The van der Waals surface area contributed by atoms with E-state index in [0.29, 0.717) is 13.2 Å². The maximum atomic E-state index is 6.02. The van der Waals surface area contributed by atoms with E-state index in [4.69, 9.17) is 9.47 Å². The number of methoxy groups -OCH3 is 1. The van der Waals surface area contributed by atoms with Gasteiger partial charge < -0.3 is 14.8 Å². The molecule has 2 aromatic carbocycles. The van der Waals surface area contributed by atoms with Gasteiger partial charge in [0, 0.05) is 23.1 Å². The van der Waals surface area contributed by atoms with E-state index < -0.39 is 0 Å². The molecule has 0 fully saturated rings. The normalized spacial score (nSPS) is 9.83. The first-order valence-electron chi connectivity index (χ1n) is 7.09. The van der Waals surface area contributed by atoms with Gasteiger partial charge in [0.2, 0.25) is 0 Å². The summed E-state index contributed by atoms with van der Waals surface area (Å²) < 4.78 is 12.4. The van der Waals surface area contributed by atoms with E-state index in [9.17, 15) is 0 Å². The summed E-state index contributed by atoms with van der Waals surface area (Å²) in [7, 11) is 1.65. The van der Waals surface area contributed by atoms with Gasteiger partial charge in [-0.3, -0.25) is 0 Å². The van der Waals surface area contributed by atoms with Gasteiger partial charge in [0.15, 0.2) is 11.5 Å². The molecule has 1 N–H and O–H groups in total. The molecule has 0 atom stereocenters. The van der Waals surface area contributed by atoms with Crippen molar-refractivity contribution in [1.82, 2.24) is 5.32 Å². The first-order chi connectivity index (χ1) is 10.7. The number of ether oxygens (including phenoxy) is 2. The van der Waals surface area contributed by atoms with Crippen molar-refractivity contribution in [2.24, 2.45) is 0 Å². The van der Waals surface area contributed by atoms with Crippen LogP contribution in [0.2, 0.25) is 0 Å². The fraction of sp³-hybridized carbons (Fsp3) is 0.222. The highest BCUT2D eigenvalue weighted by Gasteiger charge is 2.12. The molecular weight excluding hydrogens is 378 g/mol. The van der Waals surface area contributed by atoms with Crippen molar-refractivity contribution in [1.29, 1.82) is 0 Å². The van der Waals surface area contributed by atoms with Crippen molar-refractivity contribution in [2.45, 2.75) is 13.2 Å². The van der Waals surface area contributed by atoms with Gasteiger partial charge in [-0.1, -0.05) is 52.3 Å². The lowest BCUT2D eigenvalue weighted by molar-refractivity contribution is 0.280. The molecule has 3 nitrogen and oxygen atoms in total. The zero-order valence-electron chi connectivity index (χ0n) is 13.0. The van der Waals surface area contributed by atoms with Gasteiger partial charge in [-0.25, -0.2) is 0 Å². The van der Waals surface area contributed by atoms with Crippen molar-refractivity contribution in [3.8, 4) is 11.5 Å². The molecule has 0 aromatic heterocycles. The Balaban J connectivity index is 0.00000264. The number of benzene rings is 2. The van der Waals surface area contributed by atoms with Gasteiger partial charge >= 0.3 is 0 Å². The molecule has 0 radical (unpaired) electrons. The predicted molar refractivity (Wildman–Crippen MR) is 101 cm³/mol. The van der Waals surface area contributed by atoms with Crippen LogP contribution < -0.4 is 14.8 Å². The van der Waals surface area contributed by atoms with Gasteiger partial charge in [0.1, 0.15) is 6.61 Å². The minimum absolute atomic E-state index is 0. The van der Waals surface area contributed by atoms with Crippen LogP contribution in [0.3, 0.4) is 0 Å². The fourth-order valence-corrected chi connectivity index (χ4v) is 2.59. The van der Waals surface area contributed by atoms with Crippen LogP contribution in [0.4, 0.5) is 0 Å². The monoisotopic (exact) mass is 397 g/mol. The van der Waals surface area contributed by atoms with Crippen LogP contribution in [0.1, 0.15) is 11.1 Å². The van der Waals surface area contributed by atoms with Crippen LogP contribution >= 0.6 is 28.3 Å². The largest absolute Gasteiger partial charge is 0.493 e. The Bertz CT molecular complexity index is 620. The lowest BCUT2D eigenvalue weighted by atomic mass is 10.1. The molecule has 5 heteroatoms. The van der Waals surface area contributed by atoms with E-state index in [1.165, 1.54) is 0 Å². The first kappa shape index (κ1) is 19.6. The SMILES string of the molecule is C=CCNCc1cc(Br)cc(OC)c1OCc1ccccc1.Cl. The van der Waals surface area contributed by atoms with Gasteiger partial charge in [-0.2, -0.15) is 0 Å². The quantitative estimate of drug-likeness (QED) is 0.515. The Morgan fingerprint density at radius 1 is 1.22 bits per heavy atom. The fourth-order valence-electron chi connectivity index (χ4n) is 2.11. The summed E-state index contributed by atoms with van der Waals surface area (Å²) in [5.41, 5.74) is 2.17. The highest BCUT2D eigenvalue weighted by atomic mass is 79.9. The Morgan fingerprint density at radius 2 is 1.96 bits per heavy atom. The Kier molecular flexibility index (Phi) is 8.77.